The molecule has 19 heavy (non-hydrogen) atoms. The third-order valence-electron chi connectivity index (χ3n) is 2.77. The number of aliphatic carboxylic acids is 1. The molecule has 0 saturated heterocycles. The third kappa shape index (κ3) is 4.36. The van der Waals surface area contributed by atoms with Crippen molar-refractivity contribution in [3.8, 4) is 0 Å². The highest BCUT2D eigenvalue weighted by atomic mass is 16.4. The molecule has 0 unspecified atom stereocenters. The van der Waals surface area contributed by atoms with Gasteiger partial charge in [-0.05, 0) is 20.4 Å². The van der Waals surface area contributed by atoms with Crippen molar-refractivity contribution in [2.75, 3.05) is 6.54 Å². The number of aromatic amines is 1. The number of nitrogens with one attached hydrogen (secondary N) is 3. The van der Waals surface area contributed by atoms with E-state index in [1.54, 1.807) is 13.8 Å². The van der Waals surface area contributed by atoms with E-state index in [0.29, 0.717) is 12.2 Å². The molecule has 0 radical (unpaired) electrons. The summed E-state index contributed by atoms with van der Waals surface area (Å²) in [5, 5.41) is 14.7. The van der Waals surface area contributed by atoms with Crippen molar-refractivity contribution in [3.05, 3.63) is 18.2 Å². The van der Waals surface area contributed by atoms with Gasteiger partial charge in [-0.15, -0.1) is 0 Å². The van der Waals surface area contributed by atoms with E-state index < -0.39 is 17.6 Å². The molecule has 1 amide bonds. The first-order valence-electron chi connectivity index (χ1n) is 6.13. The van der Waals surface area contributed by atoms with Crippen LogP contribution in [0.4, 0.5) is 0 Å². The van der Waals surface area contributed by atoms with Crippen LogP contribution in [0, 0.1) is 0 Å². The van der Waals surface area contributed by atoms with Gasteiger partial charge in [0.05, 0.1) is 11.9 Å². The lowest BCUT2D eigenvalue weighted by molar-refractivity contribution is -0.142. The smallest absolute Gasteiger partial charge is 0.326 e. The van der Waals surface area contributed by atoms with E-state index >= 15 is 0 Å². The summed E-state index contributed by atoms with van der Waals surface area (Å²) in [7, 11) is 0. The Balaban J connectivity index is 2.69. The van der Waals surface area contributed by atoms with Crippen LogP contribution in [0.25, 0.3) is 0 Å². The Labute approximate surface area is 111 Å². The number of likely N-dealkylation sites (N-methyl/N-ethyl adjacent to an activating group) is 1. The van der Waals surface area contributed by atoms with Gasteiger partial charge in [0.25, 0.3) is 0 Å². The zero-order valence-corrected chi connectivity index (χ0v) is 11.4. The summed E-state index contributed by atoms with van der Waals surface area (Å²) in [6, 6.07) is -0.981. The Hall–Kier alpha value is -1.89. The fourth-order valence-electron chi connectivity index (χ4n) is 1.68. The molecule has 0 fully saturated rings. The summed E-state index contributed by atoms with van der Waals surface area (Å²) in [5.74, 6) is -1.42. The molecule has 0 aliphatic carbocycles. The zero-order valence-electron chi connectivity index (χ0n) is 11.4. The van der Waals surface area contributed by atoms with E-state index in [-0.39, 0.29) is 12.3 Å². The Morgan fingerprint density at radius 2 is 2.21 bits per heavy atom. The number of imidazole rings is 1. The number of carbonyl (C=O) groups is 2. The summed E-state index contributed by atoms with van der Waals surface area (Å²) >= 11 is 0. The summed E-state index contributed by atoms with van der Waals surface area (Å²) in [4.78, 5) is 29.8. The number of aromatic nitrogens is 2. The number of hydrogen-bond acceptors (Lipinski definition) is 4. The van der Waals surface area contributed by atoms with Gasteiger partial charge in [0.1, 0.15) is 6.04 Å². The Morgan fingerprint density at radius 1 is 1.53 bits per heavy atom. The van der Waals surface area contributed by atoms with Gasteiger partial charge in [-0.1, -0.05) is 6.92 Å². The molecular formula is C12H20N4O3. The van der Waals surface area contributed by atoms with Crippen LogP contribution in [0.5, 0.6) is 0 Å². The molecule has 0 aliphatic rings. The topological polar surface area (TPSA) is 107 Å². The number of carboxylic acids is 1. The number of amides is 1. The zero-order chi connectivity index (χ0) is 14.5. The highest BCUT2D eigenvalue weighted by molar-refractivity contribution is 5.89. The number of carbonyl (C=O) groups excluding carboxylic acids is 1. The fourth-order valence-corrected chi connectivity index (χ4v) is 1.68. The maximum atomic E-state index is 12.0. The van der Waals surface area contributed by atoms with Crippen LogP contribution in [-0.4, -0.2) is 45.1 Å². The number of rotatable bonds is 7. The molecule has 0 bridgehead atoms. The molecule has 1 aromatic heterocycles. The van der Waals surface area contributed by atoms with Crippen molar-refractivity contribution in [1.82, 2.24) is 20.6 Å². The van der Waals surface area contributed by atoms with Crippen LogP contribution in [0.2, 0.25) is 0 Å². The van der Waals surface area contributed by atoms with Gasteiger partial charge in [0.15, 0.2) is 0 Å². The first kappa shape index (κ1) is 15.2. The minimum Gasteiger partial charge on any atom is -0.480 e. The minimum absolute atomic E-state index is 0.170. The number of carboxylic acid groups (broad SMARTS) is 1. The van der Waals surface area contributed by atoms with Crippen LogP contribution >= 0.6 is 0 Å². The molecule has 1 atom stereocenters. The molecule has 106 valence electrons. The first-order chi connectivity index (χ1) is 8.86. The van der Waals surface area contributed by atoms with E-state index in [0.717, 1.165) is 0 Å². The Kier molecular flexibility index (Phi) is 5.05. The van der Waals surface area contributed by atoms with Gasteiger partial charge in [0.2, 0.25) is 5.91 Å². The first-order valence-corrected chi connectivity index (χ1v) is 6.13. The third-order valence-corrected chi connectivity index (χ3v) is 2.77. The maximum absolute atomic E-state index is 12.0. The van der Waals surface area contributed by atoms with Crippen LogP contribution < -0.4 is 10.6 Å². The number of H-pyrrole nitrogens is 1. The van der Waals surface area contributed by atoms with Gasteiger partial charge < -0.3 is 20.7 Å². The fraction of sp³-hybridized carbons (Fsp3) is 0.583. The van der Waals surface area contributed by atoms with Gasteiger partial charge in [-0.3, -0.25) is 4.79 Å². The van der Waals surface area contributed by atoms with E-state index in [1.165, 1.54) is 12.5 Å². The quantitative estimate of drug-likeness (QED) is 0.553. The van der Waals surface area contributed by atoms with Crippen molar-refractivity contribution in [1.29, 1.82) is 0 Å². The summed E-state index contributed by atoms with van der Waals surface area (Å²) in [6.07, 6.45) is 3.18. The van der Waals surface area contributed by atoms with Crippen LogP contribution in [0.3, 0.4) is 0 Å². The van der Waals surface area contributed by atoms with Crippen molar-refractivity contribution < 1.29 is 14.7 Å². The largest absolute Gasteiger partial charge is 0.480 e. The second kappa shape index (κ2) is 6.33. The van der Waals surface area contributed by atoms with Crippen LogP contribution in [-0.2, 0) is 16.0 Å². The standard InChI is InChI=1S/C12H20N4O3/c1-4-15-12(2,3)11(19)16-9(10(17)18)5-8-6-13-7-14-8/h6-7,9,15H,4-5H2,1-3H3,(H,13,14)(H,16,19)(H,17,18)/t9-/m0/s1. The lowest BCUT2D eigenvalue weighted by Crippen LogP contribution is -2.56. The van der Waals surface area contributed by atoms with E-state index in [2.05, 4.69) is 20.6 Å². The monoisotopic (exact) mass is 268 g/mol. The van der Waals surface area contributed by atoms with Gasteiger partial charge >= 0.3 is 5.97 Å². The highest BCUT2D eigenvalue weighted by Gasteiger charge is 2.30. The molecule has 4 N–H and O–H groups in total. The minimum atomic E-state index is -1.07. The molecule has 0 saturated carbocycles. The highest BCUT2D eigenvalue weighted by Crippen LogP contribution is 2.05. The average Bonchev–Trinajstić information content (AvgIpc) is 2.80. The number of nitrogens with zero attached hydrogens (tertiary/aromatic N) is 1. The van der Waals surface area contributed by atoms with Crippen molar-refractivity contribution in [2.24, 2.45) is 0 Å². The van der Waals surface area contributed by atoms with Crippen molar-refractivity contribution in [2.45, 2.75) is 38.8 Å². The number of hydrogen-bond donors (Lipinski definition) is 4. The molecule has 0 aliphatic heterocycles. The summed E-state index contributed by atoms with van der Waals surface area (Å²) in [6.45, 7) is 5.93. The molecule has 7 heteroatoms. The van der Waals surface area contributed by atoms with Crippen LogP contribution in [0.15, 0.2) is 12.5 Å². The van der Waals surface area contributed by atoms with Crippen LogP contribution in [0.1, 0.15) is 26.5 Å². The van der Waals surface area contributed by atoms with E-state index in [9.17, 15) is 9.59 Å². The lowest BCUT2D eigenvalue weighted by atomic mass is 10.0. The SMILES string of the molecule is CCNC(C)(C)C(=O)N[C@@H](Cc1cnc[nH]1)C(=O)O. The van der Waals surface area contributed by atoms with Crippen molar-refractivity contribution in [3.63, 3.8) is 0 Å². The molecule has 0 spiro atoms. The molecule has 1 heterocycles. The Bertz CT molecular complexity index is 428. The molecule has 1 rings (SSSR count). The molecule has 1 aromatic rings. The van der Waals surface area contributed by atoms with Gasteiger partial charge in [-0.2, -0.15) is 0 Å². The Morgan fingerprint density at radius 3 is 2.68 bits per heavy atom. The van der Waals surface area contributed by atoms with Crippen molar-refractivity contribution >= 4 is 11.9 Å². The summed E-state index contributed by atoms with van der Waals surface area (Å²) in [5.41, 5.74) is -0.148. The van der Waals surface area contributed by atoms with Gasteiger partial charge in [-0.25, -0.2) is 9.78 Å². The van der Waals surface area contributed by atoms with Gasteiger partial charge in [0, 0.05) is 18.3 Å². The predicted octanol–water partition coefficient (Wildman–Crippen LogP) is -0.0903. The predicted molar refractivity (Wildman–Crippen MR) is 69.6 cm³/mol. The molecule has 0 aromatic carbocycles. The van der Waals surface area contributed by atoms with E-state index in [4.69, 9.17) is 5.11 Å². The molecular weight excluding hydrogens is 248 g/mol. The van der Waals surface area contributed by atoms with E-state index in [1.807, 2.05) is 6.92 Å². The lowest BCUT2D eigenvalue weighted by Gasteiger charge is -2.26. The molecule has 7 nitrogen and oxygen atoms in total. The average molecular weight is 268 g/mol. The second-order valence-electron chi connectivity index (χ2n) is 4.80. The second-order valence-corrected chi connectivity index (χ2v) is 4.80. The maximum Gasteiger partial charge on any atom is 0.326 e. The summed E-state index contributed by atoms with van der Waals surface area (Å²) < 4.78 is 0. The normalized spacial score (nSPS) is 13.0.